The van der Waals surface area contributed by atoms with Crippen LogP contribution in [0.5, 0.6) is 0 Å². The monoisotopic (exact) mass is 312 g/mol. The summed E-state index contributed by atoms with van der Waals surface area (Å²) >= 11 is 0. The molecule has 1 amide bonds. The number of H-pyrrole nitrogens is 1. The quantitative estimate of drug-likeness (QED) is 0.742. The van der Waals surface area contributed by atoms with Gasteiger partial charge in [-0.05, 0) is 30.9 Å². The molecule has 0 radical (unpaired) electrons. The summed E-state index contributed by atoms with van der Waals surface area (Å²) in [5.74, 6) is -2.15. The molecule has 5 heteroatoms. The van der Waals surface area contributed by atoms with Gasteiger partial charge >= 0.3 is 5.97 Å². The number of amides is 1. The fourth-order valence-corrected chi connectivity index (χ4v) is 3.17. The number of carbonyl (C=O) groups is 2. The number of aromatic nitrogens is 1. The zero-order valence-electron chi connectivity index (χ0n) is 12.8. The minimum absolute atomic E-state index is 0.165. The molecular weight excluding hydrogens is 292 g/mol. The summed E-state index contributed by atoms with van der Waals surface area (Å²) in [5.41, 5.74) is 2.23. The summed E-state index contributed by atoms with van der Waals surface area (Å²) in [7, 11) is 0. The third kappa shape index (κ3) is 3.28. The van der Waals surface area contributed by atoms with Gasteiger partial charge in [0.25, 0.3) is 0 Å². The van der Waals surface area contributed by atoms with Gasteiger partial charge in [-0.3, -0.25) is 9.59 Å². The van der Waals surface area contributed by atoms with E-state index in [9.17, 15) is 14.7 Å². The van der Waals surface area contributed by atoms with Crippen molar-refractivity contribution >= 4 is 22.8 Å². The Morgan fingerprint density at radius 1 is 1.17 bits per heavy atom. The molecule has 0 spiro atoms. The van der Waals surface area contributed by atoms with Crippen molar-refractivity contribution in [1.29, 1.82) is 0 Å². The number of aromatic amines is 1. The topological polar surface area (TPSA) is 82.2 Å². The van der Waals surface area contributed by atoms with Crippen molar-refractivity contribution in [3.8, 4) is 0 Å². The predicted molar refractivity (Wildman–Crippen MR) is 88.0 cm³/mol. The smallest absolute Gasteiger partial charge is 0.307 e. The molecule has 1 aromatic carbocycles. The number of hydrogen-bond acceptors (Lipinski definition) is 2. The van der Waals surface area contributed by atoms with E-state index in [1.54, 1.807) is 0 Å². The fraction of sp³-hybridized carbons (Fsp3) is 0.333. The first-order chi connectivity index (χ1) is 11.2. The van der Waals surface area contributed by atoms with Crippen molar-refractivity contribution < 1.29 is 14.7 Å². The molecule has 2 aromatic rings. The van der Waals surface area contributed by atoms with E-state index < -0.39 is 17.8 Å². The van der Waals surface area contributed by atoms with Crippen LogP contribution in [0.25, 0.3) is 10.9 Å². The highest BCUT2D eigenvalue weighted by Crippen LogP contribution is 2.26. The number of rotatable bonds is 5. The number of allylic oxidation sites excluding steroid dienone is 2. The van der Waals surface area contributed by atoms with E-state index in [0.717, 1.165) is 22.9 Å². The number of hydrogen-bond donors (Lipinski definition) is 3. The second-order valence-corrected chi connectivity index (χ2v) is 5.89. The molecule has 0 bridgehead atoms. The van der Waals surface area contributed by atoms with Crippen molar-refractivity contribution in [3.05, 3.63) is 48.2 Å². The minimum Gasteiger partial charge on any atom is -0.481 e. The van der Waals surface area contributed by atoms with Crippen molar-refractivity contribution in [1.82, 2.24) is 10.3 Å². The van der Waals surface area contributed by atoms with Gasteiger partial charge in [-0.2, -0.15) is 0 Å². The van der Waals surface area contributed by atoms with Crippen LogP contribution in [0.4, 0.5) is 0 Å². The molecule has 1 heterocycles. The molecular formula is C18H20N2O3. The Balaban J connectivity index is 1.59. The third-order valence-corrected chi connectivity index (χ3v) is 4.45. The summed E-state index contributed by atoms with van der Waals surface area (Å²) in [5, 5.41) is 13.3. The zero-order chi connectivity index (χ0) is 16.2. The summed E-state index contributed by atoms with van der Waals surface area (Å²) in [4.78, 5) is 26.8. The first-order valence-corrected chi connectivity index (χ1v) is 7.87. The lowest BCUT2D eigenvalue weighted by molar-refractivity contribution is -0.147. The lowest BCUT2D eigenvalue weighted by Crippen LogP contribution is -2.39. The number of para-hydroxylation sites is 1. The molecule has 23 heavy (non-hydrogen) atoms. The Bertz CT molecular complexity index is 748. The van der Waals surface area contributed by atoms with E-state index in [-0.39, 0.29) is 5.91 Å². The van der Waals surface area contributed by atoms with Crippen LogP contribution in [-0.4, -0.2) is 28.5 Å². The van der Waals surface area contributed by atoms with Crippen LogP contribution in [0.3, 0.4) is 0 Å². The summed E-state index contributed by atoms with van der Waals surface area (Å²) in [6.45, 7) is 0.507. The van der Waals surface area contributed by atoms with Crippen LogP contribution in [0, 0.1) is 11.8 Å². The molecule has 0 saturated carbocycles. The molecule has 3 rings (SSSR count). The average molecular weight is 312 g/mol. The second-order valence-electron chi connectivity index (χ2n) is 5.89. The lowest BCUT2D eigenvalue weighted by atomic mass is 9.82. The van der Waals surface area contributed by atoms with Crippen LogP contribution >= 0.6 is 0 Å². The minimum atomic E-state index is -0.897. The highest BCUT2D eigenvalue weighted by atomic mass is 16.4. The Labute approximate surface area is 134 Å². The number of carboxylic acids is 1. The number of carbonyl (C=O) groups excluding carboxylic acids is 1. The number of fused-ring (bicyclic) bond motifs is 1. The van der Waals surface area contributed by atoms with Crippen LogP contribution in [0.2, 0.25) is 0 Å². The maximum atomic E-state index is 12.3. The van der Waals surface area contributed by atoms with Gasteiger partial charge in [-0.15, -0.1) is 0 Å². The number of carboxylic acid groups (broad SMARTS) is 1. The largest absolute Gasteiger partial charge is 0.481 e. The van der Waals surface area contributed by atoms with Crippen molar-refractivity contribution in [3.63, 3.8) is 0 Å². The van der Waals surface area contributed by atoms with Gasteiger partial charge in [0, 0.05) is 23.6 Å². The van der Waals surface area contributed by atoms with Crippen LogP contribution in [-0.2, 0) is 16.0 Å². The SMILES string of the molecule is O=C(O)C1CC=CCC1C(=O)NCCc1c[nH]c2ccccc12. The number of aliphatic carboxylic acids is 1. The summed E-state index contributed by atoms with van der Waals surface area (Å²) in [6.07, 6.45) is 7.33. The molecule has 120 valence electrons. The van der Waals surface area contributed by atoms with Crippen molar-refractivity contribution in [2.75, 3.05) is 6.54 Å². The highest BCUT2D eigenvalue weighted by molar-refractivity contribution is 5.85. The Hall–Kier alpha value is -2.56. The number of benzene rings is 1. The first kappa shape index (κ1) is 15.3. The van der Waals surface area contributed by atoms with Gasteiger partial charge in [0.05, 0.1) is 11.8 Å². The van der Waals surface area contributed by atoms with Crippen LogP contribution in [0.15, 0.2) is 42.6 Å². The fourth-order valence-electron chi connectivity index (χ4n) is 3.17. The molecule has 2 unspecified atom stereocenters. The molecule has 3 N–H and O–H groups in total. The normalized spacial score (nSPS) is 20.5. The van der Waals surface area contributed by atoms with Gasteiger partial charge in [0.1, 0.15) is 0 Å². The molecule has 5 nitrogen and oxygen atoms in total. The van der Waals surface area contributed by atoms with Crippen LogP contribution in [0.1, 0.15) is 18.4 Å². The van der Waals surface area contributed by atoms with E-state index in [4.69, 9.17) is 0 Å². The average Bonchev–Trinajstić information content (AvgIpc) is 2.98. The van der Waals surface area contributed by atoms with Crippen molar-refractivity contribution in [2.45, 2.75) is 19.3 Å². The second kappa shape index (κ2) is 6.69. The molecule has 0 saturated heterocycles. The van der Waals surface area contributed by atoms with Crippen LogP contribution < -0.4 is 5.32 Å². The first-order valence-electron chi connectivity index (χ1n) is 7.87. The van der Waals surface area contributed by atoms with E-state index in [1.165, 1.54) is 0 Å². The Morgan fingerprint density at radius 2 is 1.91 bits per heavy atom. The molecule has 1 aliphatic rings. The molecule has 0 aliphatic heterocycles. The lowest BCUT2D eigenvalue weighted by Gasteiger charge is -2.24. The number of nitrogens with one attached hydrogen (secondary N) is 2. The van der Waals surface area contributed by atoms with Crippen molar-refractivity contribution in [2.24, 2.45) is 11.8 Å². The van der Waals surface area contributed by atoms with Gasteiger partial charge < -0.3 is 15.4 Å². The Morgan fingerprint density at radius 3 is 2.70 bits per heavy atom. The predicted octanol–water partition coefficient (Wildman–Crippen LogP) is 2.49. The molecule has 2 atom stereocenters. The molecule has 1 aromatic heterocycles. The summed E-state index contributed by atoms with van der Waals surface area (Å²) < 4.78 is 0. The zero-order valence-corrected chi connectivity index (χ0v) is 12.8. The third-order valence-electron chi connectivity index (χ3n) is 4.45. The van der Waals surface area contributed by atoms with E-state index in [2.05, 4.69) is 16.4 Å². The van der Waals surface area contributed by atoms with E-state index in [0.29, 0.717) is 19.4 Å². The van der Waals surface area contributed by atoms with Gasteiger partial charge in [0.15, 0.2) is 0 Å². The standard InChI is InChI=1S/C18H20N2O3/c21-17(14-6-1-2-7-15(14)18(22)23)19-10-9-12-11-20-16-8-4-3-5-13(12)16/h1-5,8,11,14-15,20H,6-7,9-10H2,(H,19,21)(H,22,23). The molecule has 0 fully saturated rings. The van der Waals surface area contributed by atoms with E-state index >= 15 is 0 Å². The van der Waals surface area contributed by atoms with Gasteiger partial charge in [-0.1, -0.05) is 30.4 Å². The Kier molecular flexibility index (Phi) is 4.46. The molecule has 1 aliphatic carbocycles. The maximum absolute atomic E-state index is 12.3. The van der Waals surface area contributed by atoms with Gasteiger partial charge in [-0.25, -0.2) is 0 Å². The highest BCUT2D eigenvalue weighted by Gasteiger charge is 2.33. The maximum Gasteiger partial charge on any atom is 0.307 e. The van der Waals surface area contributed by atoms with Gasteiger partial charge in [0.2, 0.25) is 5.91 Å². The summed E-state index contributed by atoms with van der Waals surface area (Å²) in [6, 6.07) is 8.04. The van der Waals surface area contributed by atoms with E-state index in [1.807, 2.05) is 36.5 Å².